The number of rotatable bonds is 9. The Bertz CT molecular complexity index is 980. The lowest BCUT2D eigenvalue weighted by atomic mass is 10.1. The highest BCUT2D eigenvalue weighted by Gasteiger charge is 2.12. The standard InChI is InChI=1S/C22H24FN3O2S/c1-3-28-12-4-11-24-20(27)14-29-22-18-10-5-15(2)13-19(18)25-21(26-22)16-6-8-17(23)9-7-16/h5-10,13H,3-4,11-12,14H2,1-2H3,(H,24,27). The van der Waals surface area contributed by atoms with Crippen LogP contribution in [-0.4, -0.2) is 41.4 Å². The Balaban J connectivity index is 1.77. The molecule has 0 saturated carbocycles. The molecule has 0 fully saturated rings. The van der Waals surface area contributed by atoms with Crippen molar-refractivity contribution in [1.82, 2.24) is 15.3 Å². The van der Waals surface area contributed by atoms with Crippen molar-refractivity contribution in [3.63, 3.8) is 0 Å². The predicted molar refractivity (Wildman–Crippen MR) is 115 cm³/mol. The highest BCUT2D eigenvalue weighted by Crippen LogP contribution is 2.29. The van der Waals surface area contributed by atoms with Gasteiger partial charge in [0.05, 0.1) is 11.3 Å². The van der Waals surface area contributed by atoms with E-state index in [-0.39, 0.29) is 17.5 Å². The number of amides is 1. The smallest absolute Gasteiger partial charge is 0.230 e. The minimum absolute atomic E-state index is 0.0475. The summed E-state index contributed by atoms with van der Waals surface area (Å²) in [7, 11) is 0. The van der Waals surface area contributed by atoms with Crippen molar-refractivity contribution in [2.75, 3.05) is 25.5 Å². The second-order valence-electron chi connectivity index (χ2n) is 6.57. The number of benzene rings is 2. The summed E-state index contributed by atoms with van der Waals surface area (Å²) >= 11 is 1.38. The van der Waals surface area contributed by atoms with Crippen molar-refractivity contribution in [3.8, 4) is 11.4 Å². The van der Waals surface area contributed by atoms with E-state index in [9.17, 15) is 9.18 Å². The van der Waals surface area contributed by atoms with Gasteiger partial charge in [-0.2, -0.15) is 0 Å². The Hall–Kier alpha value is -2.51. The lowest BCUT2D eigenvalue weighted by molar-refractivity contribution is -0.118. The summed E-state index contributed by atoms with van der Waals surface area (Å²) in [5.41, 5.74) is 2.63. The normalized spacial score (nSPS) is 11.0. The summed E-state index contributed by atoms with van der Waals surface area (Å²) in [6.45, 7) is 5.86. The van der Waals surface area contributed by atoms with Crippen molar-refractivity contribution in [2.45, 2.75) is 25.3 Å². The Kier molecular flexibility index (Phi) is 7.55. The van der Waals surface area contributed by atoms with E-state index >= 15 is 0 Å². The molecule has 0 radical (unpaired) electrons. The average Bonchev–Trinajstić information content (AvgIpc) is 2.72. The van der Waals surface area contributed by atoms with Crippen LogP contribution in [-0.2, 0) is 9.53 Å². The van der Waals surface area contributed by atoms with Crippen molar-refractivity contribution in [2.24, 2.45) is 0 Å². The number of nitrogens with zero attached hydrogens (tertiary/aromatic N) is 2. The predicted octanol–water partition coefficient (Wildman–Crippen LogP) is 4.38. The first kappa shape index (κ1) is 21.2. The van der Waals surface area contributed by atoms with Gasteiger partial charge in [0.15, 0.2) is 5.82 Å². The summed E-state index contributed by atoms with van der Waals surface area (Å²) in [6.07, 6.45) is 0.786. The molecule has 29 heavy (non-hydrogen) atoms. The molecule has 0 aliphatic heterocycles. The van der Waals surface area contributed by atoms with Gasteiger partial charge in [-0.3, -0.25) is 4.79 Å². The number of carbonyl (C=O) groups excluding carboxylic acids is 1. The monoisotopic (exact) mass is 413 g/mol. The number of carbonyl (C=O) groups is 1. The Morgan fingerprint density at radius 3 is 2.72 bits per heavy atom. The summed E-state index contributed by atoms with van der Waals surface area (Å²) in [5, 5.41) is 4.53. The third kappa shape index (κ3) is 5.98. The van der Waals surface area contributed by atoms with Crippen LogP contribution >= 0.6 is 11.8 Å². The second kappa shape index (κ2) is 10.3. The van der Waals surface area contributed by atoms with E-state index < -0.39 is 0 Å². The third-order valence-electron chi connectivity index (χ3n) is 4.25. The zero-order chi connectivity index (χ0) is 20.6. The number of ether oxygens (including phenoxy) is 1. The lowest BCUT2D eigenvalue weighted by Gasteiger charge is -2.10. The van der Waals surface area contributed by atoms with Crippen LogP contribution < -0.4 is 5.32 Å². The van der Waals surface area contributed by atoms with Crippen LogP contribution in [0.25, 0.3) is 22.3 Å². The average molecular weight is 414 g/mol. The fraction of sp³-hybridized carbons (Fsp3) is 0.318. The number of halogens is 1. The molecule has 0 aliphatic carbocycles. The minimum atomic E-state index is -0.305. The molecular formula is C22H24FN3O2S. The molecule has 5 nitrogen and oxygen atoms in total. The van der Waals surface area contributed by atoms with E-state index in [1.165, 1.54) is 23.9 Å². The van der Waals surface area contributed by atoms with Crippen molar-refractivity contribution >= 4 is 28.6 Å². The van der Waals surface area contributed by atoms with Crippen LogP contribution in [0.1, 0.15) is 18.9 Å². The molecule has 3 aromatic rings. The van der Waals surface area contributed by atoms with Crippen molar-refractivity contribution < 1.29 is 13.9 Å². The van der Waals surface area contributed by atoms with Crippen LogP contribution in [0.2, 0.25) is 0 Å². The first-order valence-electron chi connectivity index (χ1n) is 9.58. The minimum Gasteiger partial charge on any atom is -0.382 e. The van der Waals surface area contributed by atoms with Gasteiger partial charge in [-0.15, -0.1) is 0 Å². The van der Waals surface area contributed by atoms with Gasteiger partial charge in [0.25, 0.3) is 0 Å². The molecule has 3 rings (SSSR count). The summed E-state index contributed by atoms with van der Waals surface area (Å²) in [4.78, 5) is 21.5. The molecule has 0 unspecified atom stereocenters. The molecule has 0 bridgehead atoms. The fourth-order valence-electron chi connectivity index (χ4n) is 2.78. The number of nitrogens with one attached hydrogen (secondary N) is 1. The molecule has 152 valence electrons. The molecule has 1 aromatic heterocycles. The molecule has 0 spiro atoms. The van der Waals surface area contributed by atoms with Crippen LogP contribution in [0.15, 0.2) is 47.5 Å². The van der Waals surface area contributed by atoms with Gasteiger partial charge < -0.3 is 10.1 Å². The van der Waals surface area contributed by atoms with E-state index in [0.717, 1.165) is 33.5 Å². The first-order chi connectivity index (χ1) is 14.1. The fourth-order valence-corrected chi connectivity index (χ4v) is 3.63. The van der Waals surface area contributed by atoms with Crippen molar-refractivity contribution in [1.29, 1.82) is 0 Å². The number of aryl methyl sites for hydroxylation is 1. The molecule has 0 aliphatic rings. The van der Waals surface area contributed by atoms with Gasteiger partial charge in [-0.05, 0) is 62.2 Å². The molecule has 7 heteroatoms. The van der Waals surface area contributed by atoms with Gasteiger partial charge in [0, 0.05) is 30.7 Å². The molecule has 1 N–H and O–H groups in total. The van der Waals surface area contributed by atoms with Gasteiger partial charge in [-0.25, -0.2) is 14.4 Å². The van der Waals surface area contributed by atoms with E-state index in [4.69, 9.17) is 4.74 Å². The zero-order valence-electron chi connectivity index (χ0n) is 16.6. The summed E-state index contributed by atoms with van der Waals surface area (Å²) in [5.74, 6) is 0.426. The summed E-state index contributed by atoms with van der Waals surface area (Å²) < 4.78 is 18.5. The Morgan fingerprint density at radius 2 is 1.97 bits per heavy atom. The highest BCUT2D eigenvalue weighted by atomic mass is 32.2. The topological polar surface area (TPSA) is 64.1 Å². The second-order valence-corrected chi connectivity index (χ2v) is 7.53. The number of hydrogen-bond donors (Lipinski definition) is 1. The zero-order valence-corrected chi connectivity index (χ0v) is 17.4. The van der Waals surface area contributed by atoms with Gasteiger partial charge in [0.2, 0.25) is 5.91 Å². The van der Waals surface area contributed by atoms with E-state index in [0.29, 0.717) is 25.6 Å². The molecular weight excluding hydrogens is 389 g/mol. The van der Waals surface area contributed by atoms with Gasteiger partial charge in [0.1, 0.15) is 10.8 Å². The Labute approximate surface area is 174 Å². The first-order valence-corrected chi connectivity index (χ1v) is 10.6. The van der Waals surface area contributed by atoms with Gasteiger partial charge in [-0.1, -0.05) is 17.8 Å². The maximum Gasteiger partial charge on any atom is 0.230 e. The number of aromatic nitrogens is 2. The quantitative estimate of drug-likeness (QED) is 0.320. The molecule has 0 atom stereocenters. The van der Waals surface area contributed by atoms with Crippen molar-refractivity contribution in [3.05, 3.63) is 53.8 Å². The molecule has 1 amide bonds. The van der Waals surface area contributed by atoms with E-state index in [2.05, 4.69) is 15.3 Å². The van der Waals surface area contributed by atoms with E-state index in [1.807, 2.05) is 32.0 Å². The summed E-state index contributed by atoms with van der Waals surface area (Å²) in [6, 6.07) is 12.1. The Morgan fingerprint density at radius 1 is 1.17 bits per heavy atom. The van der Waals surface area contributed by atoms with E-state index in [1.54, 1.807) is 12.1 Å². The number of fused-ring (bicyclic) bond motifs is 1. The van der Waals surface area contributed by atoms with Crippen LogP contribution in [0.3, 0.4) is 0 Å². The molecule has 2 aromatic carbocycles. The highest BCUT2D eigenvalue weighted by molar-refractivity contribution is 8.00. The van der Waals surface area contributed by atoms with Crippen LogP contribution in [0.4, 0.5) is 4.39 Å². The molecule has 0 saturated heterocycles. The molecule has 1 heterocycles. The lowest BCUT2D eigenvalue weighted by Crippen LogP contribution is -2.26. The van der Waals surface area contributed by atoms with Gasteiger partial charge >= 0.3 is 0 Å². The maximum atomic E-state index is 13.3. The van der Waals surface area contributed by atoms with Crippen LogP contribution in [0, 0.1) is 12.7 Å². The van der Waals surface area contributed by atoms with Crippen LogP contribution in [0.5, 0.6) is 0 Å². The maximum absolute atomic E-state index is 13.3. The largest absolute Gasteiger partial charge is 0.382 e. The number of hydrogen-bond acceptors (Lipinski definition) is 5. The third-order valence-corrected chi connectivity index (χ3v) is 5.24. The number of thioether (sulfide) groups is 1. The SMILES string of the molecule is CCOCCCNC(=O)CSc1nc(-c2ccc(F)cc2)nc2cc(C)ccc12.